The van der Waals surface area contributed by atoms with Crippen LogP contribution in [-0.2, 0) is 0 Å². The van der Waals surface area contributed by atoms with Gasteiger partial charge in [-0.15, -0.1) is 0 Å². The molecule has 0 aliphatic heterocycles. The first-order chi connectivity index (χ1) is 8.50. The fourth-order valence-electron chi connectivity index (χ4n) is 1.64. The Morgan fingerprint density at radius 2 is 1.89 bits per heavy atom. The number of hydrogen-bond donors (Lipinski definition) is 0. The van der Waals surface area contributed by atoms with Crippen molar-refractivity contribution in [3.8, 4) is 0 Å². The summed E-state index contributed by atoms with van der Waals surface area (Å²) in [4.78, 5) is 12.2. The second-order valence-corrected chi connectivity index (χ2v) is 4.71. The van der Waals surface area contributed by atoms with Crippen molar-refractivity contribution in [3.05, 3.63) is 69.2 Å². The third-order valence-electron chi connectivity index (χ3n) is 2.56. The molecule has 0 heterocycles. The van der Waals surface area contributed by atoms with E-state index in [2.05, 4.69) is 15.9 Å². The number of halogens is 3. The Bertz CT molecular complexity index is 623. The van der Waals surface area contributed by atoms with Crippen LogP contribution < -0.4 is 0 Å². The summed E-state index contributed by atoms with van der Waals surface area (Å²) in [5, 5.41) is 0. The van der Waals surface area contributed by atoms with Crippen molar-refractivity contribution in [2.24, 2.45) is 0 Å². The van der Waals surface area contributed by atoms with E-state index in [-0.39, 0.29) is 15.8 Å². The zero-order chi connectivity index (χ0) is 13.3. The minimum atomic E-state index is -1.05. The third kappa shape index (κ3) is 2.34. The predicted octanol–water partition coefficient (Wildman–Crippen LogP) is 4.27. The summed E-state index contributed by atoms with van der Waals surface area (Å²) in [6, 6.07) is 9.17. The Morgan fingerprint density at radius 1 is 1.17 bits per heavy atom. The van der Waals surface area contributed by atoms with Gasteiger partial charge in [-0.25, -0.2) is 8.78 Å². The van der Waals surface area contributed by atoms with Gasteiger partial charge in [0.15, 0.2) is 17.4 Å². The number of carbonyl (C=O) groups is 1. The van der Waals surface area contributed by atoms with Crippen LogP contribution in [0.15, 0.2) is 40.9 Å². The minimum Gasteiger partial charge on any atom is -0.289 e. The molecule has 0 aromatic heterocycles. The third-order valence-corrected chi connectivity index (χ3v) is 3.34. The standard InChI is InChI=1S/C14H9BrF2O/c1-8-3-2-4-9(7-8)14(18)10-5-6-11(16)13(17)12(10)15/h2-7H,1H3. The van der Waals surface area contributed by atoms with Crippen LogP contribution in [0.2, 0.25) is 0 Å². The van der Waals surface area contributed by atoms with Gasteiger partial charge in [-0.05, 0) is 41.1 Å². The molecule has 0 radical (unpaired) electrons. The van der Waals surface area contributed by atoms with Crippen LogP contribution in [0.1, 0.15) is 21.5 Å². The maximum atomic E-state index is 13.4. The van der Waals surface area contributed by atoms with E-state index < -0.39 is 11.6 Å². The van der Waals surface area contributed by atoms with Gasteiger partial charge in [0.05, 0.1) is 4.47 Å². The number of aryl methyl sites for hydroxylation is 1. The van der Waals surface area contributed by atoms with Crippen molar-refractivity contribution in [1.29, 1.82) is 0 Å². The Balaban J connectivity index is 2.50. The van der Waals surface area contributed by atoms with Gasteiger partial charge in [0.2, 0.25) is 0 Å². The average Bonchev–Trinajstić information content (AvgIpc) is 2.35. The monoisotopic (exact) mass is 310 g/mol. The highest BCUT2D eigenvalue weighted by molar-refractivity contribution is 9.10. The Morgan fingerprint density at radius 3 is 2.56 bits per heavy atom. The molecule has 4 heteroatoms. The molecular formula is C14H9BrF2O. The molecule has 0 bridgehead atoms. The van der Waals surface area contributed by atoms with Crippen molar-refractivity contribution in [2.45, 2.75) is 6.92 Å². The first kappa shape index (κ1) is 12.9. The molecular weight excluding hydrogens is 302 g/mol. The lowest BCUT2D eigenvalue weighted by Crippen LogP contribution is -2.04. The lowest BCUT2D eigenvalue weighted by Gasteiger charge is -2.06. The summed E-state index contributed by atoms with van der Waals surface area (Å²) in [6.45, 7) is 1.86. The maximum absolute atomic E-state index is 13.4. The molecule has 0 saturated carbocycles. The van der Waals surface area contributed by atoms with E-state index in [4.69, 9.17) is 0 Å². The van der Waals surface area contributed by atoms with Gasteiger partial charge < -0.3 is 0 Å². The van der Waals surface area contributed by atoms with Crippen LogP contribution in [0, 0.1) is 18.6 Å². The van der Waals surface area contributed by atoms with Crippen LogP contribution in [0.4, 0.5) is 8.78 Å². The molecule has 0 saturated heterocycles. The van der Waals surface area contributed by atoms with E-state index in [1.165, 1.54) is 6.07 Å². The van der Waals surface area contributed by atoms with Gasteiger partial charge in [0.1, 0.15) is 0 Å². The molecule has 2 aromatic carbocycles. The van der Waals surface area contributed by atoms with Gasteiger partial charge in [0.25, 0.3) is 0 Å². The van der Waals surface area contributed by atoms with Crippen LogP contribution in [0.25, 0.3) is 0 Å². The van der Waals surface area contributed by atoms with Crippen molar-refractivity contribution in [1.82, 2.24) is 0 Å². The molecule has 18 heavy (non-hydrogen) atoms. The first-order valence-electron chi connectivity index (χ1n) is 5.25. The topological polar surface area (TPSA) is 17.1 Å². The van der Waals surface area contributed by atoms with Gasteiger partial charge in [-0.3, -0.25) is 4.79 Å². The van der Waals surface area contributed by atoms with Gasteiger partial charge in [-0.2, -0.15) is 0 Å². The lowest BCUT2D eigenvalue weighted by atomic mass is 10.0. The number of carbonyl (C=O) groups excluding carboxylic acids is 1. The first-order valence-corrected chi connectivity index (χ1v) is 6.05. The molecule has 0 aliphatic rings. The molecule has 0 fully saturated rings. The average molecular weight is 311 g/mol. The van der Waals surface area contributed by atoms with E-state index >= 15 is 0 Å². The Labute approximate surface area is 112 Å². The van der Waals surface area contributed by atoms with E-state index in [0.717, 1.165) is 11.6 Å². The molecule has 0 atom stereocenters. The highest BCUT2D eigenvalue weighted by atomic mass is 79.9. The number of ketones is 1. The van der Waals surface area contributed by atoms with Gasteiger partial charge >= 0.3 is 0 Å². The molecule has 1 nitrogen and oxygen atoms in total. The van der Waals surface area contributed by atoms with Crippen LogP contribution in [0.3, 0.4) is 0 Å². The zero-order valence-corrected chi connectivity index (χ0v) is 11.1. The molecule has 92 valence electrons. The van der Waals surface area contributed by atoms with Crippen molar-refractivity contribution in [3.63, 3.8) is 0 Å². The quantitative estimate of drug-likeness (QED) is 0.598. The Kier molecular flexibility index (Phi) is 3.57. The lowest BCUT2D eigenvalue weighted by molar-refractivity contribution is 0.103. The summed E-state index contributed by atoms with van der Waals surface area (Å²) in [5.41, 5.74) is 1.49. The van der Waals surface area contributed by atoms with E-state index in [1.807, 2.05) is 13.0 Å². The van der Waals surface area contributed by atoms with Crippen LogP contribution >= 0.6 is 15.9 Å². The molecule has 0 unspecified atom stereocenters. The summed E-state index contributed by atoms with van der Waals surface area (Å²) in [6.07, 6.45) is 0. The molecule has 2 aromatic rings. The largest absolute Gasteiger partial charge is 0.289 e. The number of rotatable bonds is 2. The summed E-state index contributed by atoms with van der Waals surface area (Å²) in [7, 11) is 0. The zero-order valence-electron chi connectivity index (χ0n) is 9.51. The smallest absolute Gasteiger partial charge is 0.194 e. The maximum Gasteiger partial charge on any atom is 0.194 e. The van der Waals surface area contributed by atoms with E-state index in [0.29, 0.717) is 5.56 Å². The van der Waals surface area contributed by atoms with Gasteiger partial charge in [0, 0.05) is 11.1 Å². The number of hydrogen-bond acceptors (Lipinski definition) is 1. The van der Waals surface area contributed by atoms with Crippen molar-refractivity contribution >= 4 is 21.7 Å². The Hall–Kier alpha value is -1.55. The molecule has 2 rings (SSSR count). The van der Waals surface area contributed by atoms with Gasteiger partial charge in [-0.1, -0.05) is 23.8 Å². The van der Waals surface area contributed by atoms with E-state index in [9.17, 15) is 13.6 Å². The normalized spacial score (nSPS) is 10.4. The van der Waals surface area contributed by atoms with E-state index in [1.54, 1.807) is 18.2 Å². The SMILES string of the molecule is Cc1cccc(C(=O)c2ccc(F)c(F)c2Br)c1. The second-order valence-electron chi connectivity index (χ2n) is 3.92. The summed E-state index contributed by atoms with van der Waals surface area (Å²) in [5.74, 6) is -2.37. The fourth-order valence-corrected chi connectivity index (χ4v) is 2.14. The van der Waals surface area contributed by atoms with Crippen molar-refractivity contribution < 1.29 is 13.6 Å². The molecule has 0 N–H and O–H groups in total. The number of benzene rings is 2. The molecule has 0 amide bonds. The highest BCUT2D eigenvalue weighted by Gasteiger charge is 2.17. The minimum absolute atomic E-state index is 0.111. The fraction of sp³-hybridized carbons (Fsp3) is 0.0714. The second kappa shape index (κ2) is 4.98. The molecule has 0 aliphatic carbocycles. The van der Waals surface area contributed by atoms with Crippen LogP contribution in [-0.4, -0.2) is 5.78 Å². The van der Waals surface area contributed by atoms with Crippen LogP contribution in [0.5, 0.6) is 0 Å². The summed E-state index contributed by atoms with van der Waals surface area (Å²) < 4.78 is 26.2. The predicted molar refractivity (Wildman–Crippen MR) is 68.7 cm³/mol. The highest BCUT2D eigenvalue weighted by Crippen LogP contribution is 2.25. The van der Waals surface area contributed by atoms with Crippen molar-refractivity contribution in [2.75, 3.05) is 0 Å². The molecule has 0 spiro atoms. The summed E-state index contributed by atoms with van der Waals surface area (Å²) >= 11 is 2.91.